The normalized spacial score (nSPS) is 25.2. The van der Waals surface area contributed by atoms with Crippen LogP contribution in [0.3, 0.4) is 0 Å². The van der Waals surface area contributed by atoms with E-state index in [0.717, 1.165) is 95.2 Å². The summed E-state index contributed by atoms with van der Waals surface area (Å²) in [6, 6.07) is 4.29. The smallest absolute Gasteiger partial charge is 0.311 e. The summed E-state index contributed by atoms with van der Waals surface area (Å²) >= 11 is 0. The number of likely N-dealkylation sites (tertiary alicyclic amines) is 1. The molecule has 0 aromatic heterocycles. The van der Waals surface area contributed by atoms with Crippen molar-refractivity contribution in [2.45, 2.75) is 314 Å². The maximum Gasteiger partial charge on any atom is 0.311 e. The van der Waals surface area contributed by atoms with Crippen LogP contribution in [0.1, 0.15) is 284 Å². The van der Waals surface area contributed by atoms with Crippen LogP contribution in [0.5, 0.6) is 11.5 Å². The molecular weight excluding hydrogens is 1010 g/mol. The molecule has 1 N–H and O–H groups in total. The summed E-state index contributed by atoms with van der Waals surface area (Å²) < 4.78 is 37.3. The summed E-state index contributed by atoms with van der Waals surface area (Å²) in [4.78, 5) is 56.1. The van der Waals surface area contributed by atoms with Gasteiger partial charge in [-0.15, -0.1) is 0 Å². The highest BCUT2D eigenvalue weighted by atomic mass is 16.6. The molecule has 4 saturated carbocycles. The molecule has 8 rings (SSSR count). The van der Waals surface area contributed by atoms with Gasteiger partial charge in [-0.05, 0) is 94.2 Å². The second kappa shape index (κ2) is 30.5. The molecule has 5 aliphatic carbocycles. The lowest BCUT2D eigenvalue weighted by atomic mass is 9.33. The third-order valence-corrected chi connectivity index (χ3v) is 20.7. The SMILES string of the molecule is CCCCCCCCCCCCCCCC(=O)OCC(COC(=O)CCCCCCCCCCCCCCC)OC(=O)CCC(=O)Oc1ccc2c3c1O[C@H]1[C@@]4(OC)CC[C@@]5(C[C@@H]4[C@](C)(O)C(C)(C)C)C(C2)N(CC2CC2)CC[C@]315. The molecule has 0 radical (unpaired) electrons. The molecule has 5 fully saturated rings. The van der Waals surface area contributed by atoms with Crippen molar-refractivity contribution in [3.63, 3.8) is 0 Å². The lowest BCUT2D eigenvalue weighted by molar-refractivity contribution is -0.312. The summed E-state index contributed by atoms with van der Waals surface area (Å²) in [7, 11) is 1.79. The number of hydrogen-bond acceptors (Lipinski definition) is 12. The number of aliphatic hydroxyl groups is 1. The van der Waals surface area contributed by atoms with Crippen molar-refractivity contribution in [3.05, 3.63) is 23.3 Å². The number of esters is 4. The zero-order chi connectivity index (χ0) is 57.2. The minimum atomic E-state index is -1.06. The van der Waals surface area contributed by atoms with Crippen molar-refractivity contribution >= 4 is 23.9 Å². The van der Waals surface area contributed by atoms with Crippen LogP contribution in [-0.4, -0.2) is 96.7 Å². The van der Waals surface area contributed by atoms with Gasteiger partial charge in [-0.2, -0.15) is 0 Å². The molecule has 4 bridgehead atoms. The average Bonchev–Trinajstić information content (AvgIpc) is 4.10. The Morgan fingerprint density at radius 1 is 0.650 bits per heavy atom. The number of fused-ring (bicyclic) bond motifs is 2. The van der Waals surface area contributed by atoms with Gasteiger partial charge in [0.15, 0.2) is 17.6 Å². The number of methoxy groups -OCH3 is 1. The Morgan fingerprint density at radius 3 is 1.64 bits per heavy atom. The first-order chi connectivity index (χ1) is 38.6. The Bertz CT molecular complexity index is 2070. The van der Waals surface area contributed by atoms with Crippen molar-refractivity contribution in [1.82, 2.24) is 4.90 Å². The van der Waals surface area contributed by atoms with Gasteiger partial charge in [-0.3, -0.25) is 24.1 Å². The highest BCUT2D eigenvalue weighted by Gasteiger charge is 2.82. The van der Waals surface area contributed by atoms with Crippen molar-refractivity contribution < 1.29 is 52.7 Å². The molecule has 1 aromatic rings. The van der Waals surface area contributed by atoms with Gasteiger partial charge in [-0.25, -0.2) is 0 Å². The number of ether oxygens (including phenoxy) is 6. The fourth-order valence-electron chi connectivity index (χ4n) is 15.5. The monoisotopic (exact) mass is 1120 g/mol. The van der Waals surface area contributed by atoms with Crippen molar-refractivity contribution in [1.29, 1.82) is 0 Å². The Kier molecular flexibility index (Phi) is 24.6. The van der Waals surface area contributed by atoms with E-state index in [9.17, 15) is 24.3 Å². The molecule has 7 aliphatic rings. The summed E-state index contributed by atoms with van der Waals surface area (Å²) in [5, 5.41) is 12.7. The van der Waals surface area contributed by atoms with E-state index in [2.05, 4.69) is 45.6 Å². The van der Waals surface area contributed by atoms with Crippen LogP contribution in [0, 0.1) is 22.7 Å². The van der Waals surface area contributed by atoms with E-state index in [1.807, 2.05) is 13.0 Å². The minimum Gasteiger partial charge on any atom is -0.482 e. The number of carbonyl (C=O) groups excluding carboxylic acids is 4. The minimum absolute atomic E-state index is 0.160. The molecule has 0 amide bonds. The molecule has 1 saturated heterocycles. The zero-order valence-electron chi connectivity index (χ0n) is 51.5. The Hall–Kier alpha value is -3.22. The van der Waals surface area contributed by atoms with Crippen LogP contribution < -0.4 is 9.47 Å². The van der Waals surface area contributed by atoms with Crippen LogP contribution in [0.2, 0.25) is 0 Å². The lowest BCUT2D eigenvalue weighted by Gasteiger charge is -2.75. The molecule has 2 aliphatic heterocycles. The summed E-state index contributed by atoms with van der Waals surface area (Å²) in [6.45, 7) is 14.5. The predicted octanol–water partition coefficient (Wildman–Crippen LogP) is 15.4. The van der Waals surface area contributed by atoms with Gasteiger partial charge >= 0.3 is 23.9 Å². The summed E-state index contributed by atoms with van der Waals surface area (Å²) in [6.07, 6.45) is 37.1. The second-order valence-corrected chi connectivity index (χ2v) is 27.2. The maximum absolute atomic E-state index is 13.9. The van der Waals surface area contributed by atoms with E-state index >= 15 is 0 Å². The van der Waals surface area contributed by atoms with Gasteiger partial charge in [0.2, 0.25) is 0 Å². The molecule has 12 nitrogen and oxygen atoms in total. The largest absolute Gasteiger partial charge is 0.482 e. The van der Waals surface area contributed by atoms with E-state index in [0.29, 0.717) is 17.5 Å². The topological polar surface area (TPSA) is 147 Å². The van der Waals surface area contributed by atoms with Gasteiger partial charge in [0.05, 0.1) is 18.4 Å². The number of nitrogens with zero attached hydrogens (tertiary/aromatic N) is 1. The average molecular weight is 1120 g/mol. The predicted molar refractivity (Wildman–Crippen MR) is 316 cm³/mol. The second-order valence-electron chi connectivity index (χ2n) is 27.2. The first-order valence-corrected chi connectivity index (χ1v) is 33.1. The first-order valence-electron chi connectivity index (χ1n) is 33.1. The van der Waals surface area contributed by atoms with E-state index in [-0.39, 0.29) is 73.7 Å². The Labute approximate surface area is 484 Å². The molecule has 1 aromatic carbocycles. The fourth-order valence-corrected chi connectivity index (χ4v) is 15.5. The highest BCUT2D eigenvalue weighted by Crippen LogP contribution is 2.78. The highest BCUT2D eigenvalue weighted by molar-refractivity contribution is 5.80. The van der Waals surface area contributed by atoms with Gasteiger partial charge < -0.3 is 33.5 Å². The maximum atomic E-state index is 13.9. The lowest BCUT2D eigenvalue weighted by Crippen LogP contribution is -2.83. The first kappa shape index (κ1) is 64.3. The quantitative estimate of drug-likeness (QED) is 0.0288. The Balaban J connectivity index is 0.917. The van der Waals surface area contributed by atoms with Crippen LogP contribution in [0.15, 0.2) is 12.1 Å². The number of carbonyl (C=O) groups is 4. The van der Waals surface area contributed by atoms with Gasteiger partial charge in [0.25, 0.3) is 0 Å². The van der Waals surface area contributed by atoms with Crippen molar-refractivity contribution in [2.24, 2.45) is 22.7 Å². The van der Waals surface area contributed by atoms with Gasteiger partial charge in [-0.1, -0.05) is 195 Å². The van der Waals surface area contributed by atoms with Crippen LogP contribution in [0.25, 0.3) is 0 Å². The molecular formula is C68H111NO11. The van der Waals surface area contributed by atoms with E-state index in [1.165, 1.54) is 147 Å². The van der Waals surface area contributed by atoms with Crippen LogP contribution >= 0.6 is 0 Å². The molecule has 80 heavy (non-hydrogen) atoms. The summed E-state index contributed by atoms with van der Waals surface area (Å²) in [5.41, 5.74) is -0.389. The molecule has 1 unspecified atom stereocenters. The third-order valence-electron chi connectivity index (χ3n) is 20.7. The van der Waals surface area contributed by atoms with Gasteiger partial charge in [0.1, 0.15) is 24.9 Å². The number of benzene rings is 1. The van der Waals surface area contributed by atoms with Crippen LogP contribution in [-0.2, 0) is 50.0 Å². The summed E-state index contributed by atoms with van der Waals surface area (Å²) in [5.74, 6) is -0.521. The number of rotatable bonds is 41. The molecule has 7 atom stereocenters. The van der Waals surface area contributed by atoms with E-state index < -0.39 is 34.7 Å². The number of piperidine rings is 1. The number of hydrogen-bond donors (Lipinski definition) is 1. The fraction of sp³-hybridized carbons (Fsp3) is 0.853. The third kappa shape index (κ3) is 15.7. The van der Waals surface area contributed by atoms with Crippen LogP contribution in [0.4, 0.5) is 0 Å². The van der Waals surface area contributed by atoms with E-state index in [4.69, 9.17) is 28.4 Å². The Morgan fingerprint density at radius 2 is 1.15 bits per heavy atom. The van der Waals surface area contributed by atoms with E-state index in [1.54, 1.807) is 7.11 Å². The molecule has 2 heterocycles. The molecule has 454 valence electrons. The number of unbranched alkanes of at least 4 members (excludes halogenated alkanes) is 24. The standard InChI is InChI=1S/C68H111NO11/c1-8-10-12-14-16-18-20-22-24-26-28-30-32-34-57(70)76-49-53(50-77-58(71)35-33-31-29-27-25-23-21-19-17-15-13-11-9-2)78-59(72)40-41-60(73)79-54-39-38-52-46-56-66-42-43-68(75-7,55(47-66)65(6,74)64(3,4)5)63-67(66,61(52)62(54)80-63)44-45-69(56)48-51-36-37-51/h38-39,51,53,55-56,63,74H,8-37,40-50H2,1-7H3/t55-,56?,63-,65+,66-,67+,68-/m1/s1. The molecule has 12 heteroatoms. The zero-order valence-corrected chi connectivity index (χ0v) is 51.5. The van der Waals surface area contributed by atoms with Crippen molar-refractivity contribution in [3.8, 4) is 11.5 Å². The van der Waals surface area contributed by atoms with Gasteiger partial charge in [0, 0.05) is 54.8 Å². The van der Waals surface area contributed by atoms with Crippen molar-refractivity contribution in [2.75, 3.05) is 33.4 Å². The molecule has 2 spiro atoms.